The van der Waals surface area contributed by atoms with E-state index in [1.807, 2.05) is 0 Å². The van der Waals surface area contributed by atoms with Gasteiger partial charge < -0.3 is 5.32 Å². The van der Waals surface area contributed by atoms with Crippen LogP contribution in [0.1, 0.15) is 30.4 Å². The molecule has 30 heavy (non-hydrogen) atoms. The molecule has 0 aliphatic rings. The van der Waals surface area contributed by atoms with Gasteiger partial charge in [0.25, 0.3) is 0 Å². The SMILES string of the molecule is CC(C)C(=O)NC(C(=O)c1ccc(F)cc1)n1cc2ccn(C(F)(F)F)c2nc1=O. The van der Waals surface area contributed by atoms with Gasteiger partial charge >= 0.3 is 12.0 Å². The molecule has 1 unspecified atom stereocenters. The fraction of sp³-hybridized carbons (Fsp3) is 0.263. The van der Waals surface area contributed by atoms with Crippen molar-refractivity contribution in [3.63, 3.8) is 0 Å². The predicted molar refractivity (Wildman–Crippen MR) is 98.0 cm³/mol. The Hall–Kier alpha value is -3.50. The van der Waals surface area contributed by atoms with Crippen LogP contribution in [0.4, 0.5) is 17.6 Å². The topological polar surface area (TPSA) is 86.0 Å². The Morgan fingerprint density at radius 3 is 2.30 bits per heavy atom. The molecule has 0 spiro atoms. The van der Waals surface area contributed by atoms with E-state index in [2.05, 4.69) is 10.3 Å². The van der Waals surface area contributed by atoms with Crippen molar-refractivity contribution in [3.05, 3.63) is 64.6 Å². The van der Waals surface area contributed by atoms with Crippen molar-refractivity contribution >= 4 is 22.7 Å². The summed E-state index contributed by atoms with van der Waals surface area (Å²) in [6, 6.07) is 5.48. The zero-order valence-corrected chi connectivity index (χ0v) is 15.8. The van der Waals surface area contributed by atoms with Gasteiger partial charge in [-0.1, -0.05) is 13.8 Å². The molecule has 0 aliphatic heterocycles. The number of Topliss-reactive ketones (excluding diaryl/α,β-unsaturated/α-hetero) is 1. The zero-order valence-electron chi connectivity index (χ0n) is 15.8. The van der Waals surface area contributed by atoms with Crippen LogP contribution in [0, 0.1) is 11.7 Å². The second kappa shape index (κ2) is 7.73. The predicted octanol–water partition coefficient (Wildman–Crippen LogP) is 2.97. The van der Waals surface area contributed by atoms with Crippen LogP contribution in [0.15, 0.2) is 47.5 Å². The van der Waals surface area contributed by atoms with Crippen molar-refractivity contribution in [2.24, 2.45) is 5.92 Å². The van der Waals surface area contributed by atoms with Crippen LogP contribution in [-0.4, -0.2) is 25.8 Å². The van der Waals surface area contributed by atoms with Gasteiger partial charge in [0.15, 0.2) is 11.8 Å². The molecule has 1 amide bonds. The lowest BCUT2D eigenvalue weighted by Gasteiger charge is -2.21. The minimum Gasteiger partial charge on any atom is -0.329 e. The maximum absolute atomic E-state index is 13.2. The summed E-state index contributed by atoms with van der Waals surface area (Å²) in [6.07, 6.45) is -4.66. The smallest absolute Gasteiger partial charge is 0.329 e. The molecule has 0 aliphatic carbocycles. The van der Waals surface area contributed by atoms with Crippen molar-refractivity contribution in [1.82, 2.24) is 19.4 Å². The Kier molecular flexibility index (Phi) is 5.47. The summed E-state index contributed by atoms with van der Waals surface area (Å²) in [5.74, 6) is -2.48. The maximum atomic E-state index is 13.2. The van der Waals surface area contributed by atoms with Gasteiger partial charge in [0, 0.05) is 29.3 Å². The summed E-state index contributed by atoms with van der Waals surface area (Å²) in [5, 5.41) is 2.33. The van der Waals surface area contributed by atoms with E-state index in [0.29, 0.717) is 6.20 Å². The van der Waals surface area contributed by atoms with Crippen LogP contribution in [0.3, 0.4) is 0 Å². The minimum atomic E-state index is -4.79. The number of carbonyl (C=O) groups is 2. The number of rotatable bonds is 5. The number of carbonyl (C=O) groups excluding carboxylic acids is 2. The highest BCUT2D eigenvalue weighted by molar-refractivity contribution is 6.00. The van der Waals surface area contributed by atoms with Crippen LogP contribution in [0.5, 0.6) is 0 Å². The molecule has 11 heteroatoms. The number of amides is 1. The molecule has 1 atom stereocenters. The molecule has 2 heterocycles. The normalized spacial score (nSPS) is 12.9. The van der Waals surface area contributed by atoms with E-state index in [4.69, 9.17) is 0 Å². The fourth-order valence-corrected chi connectivity index (χ4v) is 2.74. The van der Waals surface area contributed by atoms with Gasteiger partial charge in [-0.05, 0) is 30.3 Å². The molecule has 0 saturated carbocycles. The van der Waals surface area contributed by atoms with E-state index in [1.54, 1.807) is 13.8 Å². The highest BCUT2D eigenvalue weighted by Gasteiger charge is 2.33. The molecule has 0 bridgehead atoms. The third-order valence-corrected chi connectivity index (χ3v) is 4.32. The van der Waals surface area contributed by atoms with Crippen LogP contribution < -0.4 is 11.0 Å². The fourth-order valence-electron chi connectivity index (χ4n) is 2.74. The van der Waals surface area contributed by atoms with Crippen molar-refractivity contribution in [2.75, 3.05) is 0 Å². The number of ketones is 1. The van der Waals surface area contributed by atoms with Crippen LogP contribution in [0.25, 0.3) is 11.0 Å². The molecule has 0 radical (unpaired) electrons. The Bertz CT molecular complexity index is 1160. The van der Waals surface area contributed by atoms with E-state index in [9.17, 15) is 31.9 Å². The Labute approximate surface area is 166 Å². The Balaban J connectivity index is 2.13. The van der Waals surface area contributed by atoms with Crippen LogP contribution in [0.2, 0.25) is 0 Å². The summed E-state index contributed by atoms with van der Waals surface area (Å²) in [5.41, 5.74) is -1.81. The lowest BCUT2D eigenvalue weighted by Crippen LogP contribution is -2.44. The highest BCUT2D eigenvalue weighted by atomic mass is 19.4. The summed E-state index contributed by atoms with van der Waals surface area (Å²) >= 11 is 0. The van der Waals surface area contributed by atoms with Crippen LogP contribution >= 0.6 is 0 Å². The highest BCUT2D eigenvalue weighted by Crippen LogP contribution is 2.27. The van der Waals surface area contributed by atoms with Crippen molar-refractivity contribution in [2.45, 2.75) is 26.3 Å². The quantitative estimate of drug-likeness (QED) is 0.504. The monoisotopic (exact) mass is 424 g/mol. The Morgan fingerprint density at radius 1 is 1.10 bits per heavy atom. The van der Waals surface area contributed by atoms with Crippen molar-refractivity contribution < 1.29 is 27.2 Å². The lowest BCUT2D eigenvalue weighted by molar-refractivity contribution is -0.201. The summed E-state index contributed by atoms with van der Waals surface area (Å²) in [6.45, 7) is 3.12. The van der Waals surface area contributed by atoms with E-state index in [-0.39, 0.29) is 15.5 Å². The molecule has 158 valence electrons. The van der Waals surface area contributed by atoms with Gasteiger partial charge in [0.1, 0.15) is 5.82 Å². The van der Waals surface area contributed by atoms with E-state index in [0.717, 1.165) is 29.0 Å². The molecule has 7 nitrogen and oxygen atoms in total. The number of aromatic nitrogens is 3. The third-order valence-electron chi connectivity index (χ3n) is 4.32. The number of fused-ring (bicyclic) bond motifs is 1. The van der Waals surface area contributed by atoms with Crippen LogP contribution in [-0.2, 0) is 11.1 Å². The standard InChI is InChI=1S/C19H16F4N4O3/c1-10(2)17(29)24-16(14(28)11-3-5-13(20)6-4-11)26-9-12-7-8-27(19(21,22)23)15(12)25-18(26)30/h3-10,16H,1-2H3,(H,24,29). The van der Waals surface area contributed by atoms with Gasteiger partial charge in [-0.15, -0.1) is 13.2 Å². The molecular weight excluding hydrogens is 408 g/mol. The molecule has 2 aromatic heterocycles. The Morgan fingerprint density at radius 2 is 1.73 bits per heavy atom. The van der Waals surface area contributed by atoms with Gasteiger partial charge in [-0.2, -0.15) is 4.98 Å². The molecular formula is C19H16F4N4O3. The average molecular weight is 424 g/mol. The summed E-state index contributed by atoms with van der Waals surface area (Å²) < 4.78 is 53.0. The molecule has 0 fully saturated rings. The molecule has 3 rings (SSSR count). The lowest BCUT2D eigenvalue weighted by atomic mass is 10.1. The van der Waals surface area contributed by atoms with Crippen molar-refractivity contribution in [3.8, 4) is 0 Å². The number of nitrogens with zero attached hydrogens (tertiary/aromatic N) is 3. The first-order valence-corrected chi connectivity index (χ1v) is 8.76. The minimum absolute atomic E-state index is 0.00897. The van der Waals surface area contributed by atoms with Gasteiger partial charge in [-0.25, -0.2) is 13.8 Å². The van der Waals surface area contributed by atoms with E-state index < -0.39 is 47.2 Å². The van der Waals surface area contributed by atoms with Crippen molar-refractivity contribution in [1.29, 1.82) is 0 Å². The van der Waals surface area contributed by atoms with Gasteiger partial charge in [-0.3, -0.25) is 14.2 Å². The first kappa shape index (κ1) is 21.2. The van der Waals surface area contributed by atoms with Gasteiger partial charge in [0.05, 0.1) is 0 Å². The second-order valence-corrected chi connectivity index (χ2v) is 6.80. The number of nitrogens with one attached hydrogen (secondary N) is 1. The molecule has 0 saturated heterocycles. The van der Waals surface area contributed by atoms with Gasteiger partial charge in [0.2, 0.25) is 11.7 Å². The maximum Gasteiger partial charge on any atom is 0.490 e. The van der Waals surface area contributed by atoms with E-state index in [1.165, 1.54) is 12.1 Å². The summed E-state index contributed by atoms with van der Waals surface area (Å²) in [7, 11) is 0. The number of alkyl halides is 3. The largest absolute Gasteiger partial charge is 0.490 e. The molecule has 1 aromatic carbocycles. The third kappa shape index (κ3) is 4.09. The summed E-state index contributed by atoms with van der Waals surface area (Å²) in [4.78, 5) is 41.1. The van der Waals surface area contributed by atoms with E-state index >= 15 is 0 Å². The second-order valence-electron chi connectivity index (χ2n) is 6.80. The number of hydrogen-bond donors (Lipinski definition) is 1. The average Bonchev–Trinajstić information content (AvgIpc) is 3.08. The number of benzene rings is 1. The molecule has 3 aromatic rings. The first-order chi connectivity index (χ1) is 14.0. The zero-order chi connectivity index (χ0) is 22.2. The molecule has 1 N–H and O–H groups in total. The number of hydrogen-bond acceptors (Lipinski definition) is 4. The number of halogens is 4. The first-order valence-electron chi connectivity index (χ1n) is 8.76.